The molecular formula is C15H27N3O2. The molecule has 1 unspecified atom stereocenters. The van der Waals surface area contributed by atoms with Crippen LogP contribution in [0.15, 0.2) is 0 Å². The minimum absolute atomic E-state index is 0.0196. The molecular weight excluding hydrogens is 254 g/mol. The van der Waals surface area contributed by atoms with Crippen LogP contribution in [-0.4, -0.2) is 48.4 Å². The molecule has 0 aromatic heterocycles. The molecule has 0 aromatic rings. The van der Waals surface area contributed by atoms with Gasteiger partial charge in [-0.2, -0.15) is 0 Å². The largest absolute Gasteiger partial charge is 0.352 e. The van der Waals surface area contributed by atoms with E-state index in [1.165, 1.54) is 19.3 Å². The second-order valence-corrected chi connectivity index (χ2v) is 6.03. The molecule has 1 saturated carbocycles. The molecule has 1 saturated heterocycles. The molecule has 5 nitrogen and oxygen atoms in total. The number of nitrogens with zero attached hydrogens (tertiary/aromatic N) is 1. The third kappa shape index (κ3) is 4.47. The predicted molar refractivity (Wildman–Crippen MR) is 78.3 cm³/mol. The van der Waals surface area contributed by atoms with Gasteiger partial charge in [-0.25, -0.2) is 0 Å². The number of hydrogen-bond acceptors (Lipinski definition) is 3. The number of amides is 2. The minimum atomic E-state index is -0.302. The van der Waals surface area contributed by atoms with Crippen molar-refractivity contribution in [2.24, 2.45) is 0 Å². The van der Waals surface area contributed by atoms with E-state index in [1.54, 1.807) is 0 Å². The van der Waals surface area contributed by atoms with Gasteiger partial charge in [-0.15, -0.1) is 0 Å². The summed E-state index contributed by atoms with van der Waals surface area (Å²) in [6.07, 6.45) is 8.08. The summed E-state index contributed by atoms with van der Waals surface area (Å²) < 4.78 is 0. The molecule has 0 bridgehead atoms. The molecule has 1 aliphatic heterocycles. The van der Waals surface area contributed by atoms with Gasteiger partial charge in [0.25, 0.3) is 0 Å². The van der Waals surface area contributed by atoms with Crippen LogP contribution in [0.1, 0.15) is 51.9 Å². The van der Waals surface area contributed by atoms with E-state index in [0.29, 0.717) is 6.04 Å². The smallest absolute Gasteiger partial charge is 0.237 e. The quantitative estimate of drug-likeness (QED) is 0.791. The van der Waals surface area contributed by atoms with Crippen molar-refractivity contribution in [2.45, 2.75) is 64.0 Å². The van der Waals surface area contributed by atoms with Crippen LogP contribution < -0.4 is 10.6 Å². The van der Waals surface area contributed by atoms with Gasteiger partial charge >= 0.3 is 0 Å². The fourth-order valence-corrected chi connectivity index (χ4v) is 2.98. The van der Waals surface area contributed by atoms with E-state index in [4.69, 9.17) is 0 Å². The zero-order valence-electron chi connectivity index (χ0n) is 12.5. The van der Waals surface area contributed by atoms with Crippen molar-refractivity contribution in [1.29, 1.82) is 0 Å². The fourth-order valence-electron chi connectivity index (χ4n) is 2.98. The van der Waals surface area contributed by atoms with Gasteiger partial charge in [0.15, 0.2) is 0 Å². The van der Waals surface area contributed by atoms with Crippen LogP contribution in [0.2, 0.25) is 0 Å². The van der Waals surface area contributed by atoms with Gasteiger partial charge in [0.2, 0.25) is 11.8 Å². The summed E-state index contributed by atoms with van der Waals surface area (Å²) >= 11 is 0. The zero-order valence-corrected chi connectivity index (χ0v) is 12.5. The molecule has 0 spiro atoms. The second-order valence-electron chi connectivity index (χ2n) is 6.03. The lowest BCUT2D eigenvalue weighted by molar-refractivity contribution is -0.129. The van der Waals surface area contributed by atoms with Gasteiger partial charge in [0, 0.05) is 19.1 Å². The number of likely N-dealkylation sites (tertiary alicyclic amines) is 1. The van der Waals surface area contributed by atoms with Crippen LogP contribution in [-0.2, 0) is 9.59 Å². The Hall–Kier alpha value is -1.10. The van der Waals surface area contributed by atoms with Gasteiger partial charge in [-0.3, -0.25) is 14.9 Å². The van der Waals surface area contributed by atoms with Crippen LogP contribution in [0.3, 0.4) is 0 Å². The molecule has 5 heteroatoms. The Kier molecular flexibility index (Phi) is 5.83. The average Bonchev–Trinajstić information content (AvgIpc) is 2.99. The summed E-state index contributed by atoms with van der Waals surface area (Å²) in [4.78, 5) is 25.8. The Morgan fingerprint density at radius 1 is 1.10 bits per heavy atom. The number of hydrogen-bond donors (Lipinski definition) is 2. The molecule has 1 aliphatic carbocycles. The zero-order chi connectivity index (χ0) is 14.4. The van der Waals surface area contributed by atoms with Gasteiger partial charge in [-0.1, -0.05) is 19.3 Å². The summed E-state index contributed by atoms with van der Waals surface area (Å²) in [7, 11) is 0. The van der Waals surface area contributed by atoms with Gasteiger partial charge in [0.1, 0.15) is 0 Å². The standard InChI is InChI=1S/C15H27N3O2/c1-12(15(20)17-13-7-3-2-4-8-13)16-11-14(19)18-9-5-6-10-18/h12-13,16H,2-11H2,1H3,(H,17,20). The molecule has 1 heterocycles. The first-order valence-corrected chi connectivity index (χ1v) is 7.98. The summed E-state index contributed by atoms with van der Waals surface area (Å²) in [5.74, 6) is 0.130. The Morgan fingerprint density at radius 2 is 1.75 bits per heavy atom. The van der Waals surface area contributed by atoms with Crippen LogP contribution in [0.5, 0.6) is 0 Å². The molecule has 2 amide bonds. The monoisotopic (exact) mass is 281 g/mol. The number of nitrogens with one attached hydrogen (secondary N) is 2. The van der Waals surface area contributed by atoms with Crippen LogP contribution in [0.25, 0.3) is 0 Å². The van der Waals surface area contributed by atoms with E-state index in [1.807, 2.05) is 11.8 Å². The number of carbonyl (C=O) groups excluding carboxylic acids is 2. The van der Waals surface area contributed by atoms with Crippen LogP contribution in [0, 0.1) is 0 Å². The predicted octanol–water partition coefficient (Wildman–Crippen LogP) is 1.04. The molecule has 1 atom stereocenters. The second kappa shape index (κ2) is 7.62. The average molecular weight is 281 g/mol. The Balaban J connectivity index is 1.66. The van der Waals surface area contributed by atoms with Crippen molar-refractivity contribution in [2.75, 3.05) is 19.6 Å². The summed E-state index contributed by atoms with van der Waals surface area (Å²) in [6.45, 7) is 3.82. The Bertz CT molecular complexity index is 334. The first kappa shape index (κ1) is 15.3. The third-order valence-electron chi connectivity index (χ3n) is 4.36. The van der Waals surface area contributed by atoms with Crippen molar-refractivity contribution in [1.82, 2.24) is 15.5 Å². The molecule has 114 valence electrons. The number of rotatable bonds is 5. The van der Waals surface area contributed by atoms with Gasteiger partial charge in [-0.05, 0) is 32.6 Å². The van der Waals surface area contributed by atoms with E-state index in [0.717, 1.165) is 38.8 Å². The molecule has 2 fully saturated rings. The molecule has 20 heavy (non-hydrogen) atoms. The minimum Gasteiger partial charge on any atom is -0.352 e. The van der Waals surface area contributed by atoms with Crippen molar-refractivity contribution in [3.63, 3.8) is 0 Å². The lowest BCUT2D eigenvalue weighted by Gasteiger charge is -2.25. The highest BCUT2D eigenvalue weighted by Gasteiger charge is 2.22. The SMILES string of the molecule is CC(NCC(=O)N1CCCC1)C(=O)NC1CCCCC1. The fraction of sp³-hybridized carbons (Fsp3) is 0.867. The van der Waals surface area contributed by atoms with Crippen LogP contribution >= 0.6 is 0 Å². The van der Waals surface area contributed by atoms with E-state index in [2.05, 4.69) is 10.6 Å². The van der Waals surface area contributed by atoms with Crippen molar-refractivity contribution in [3.05, 3.63) is 0 Å². The molecule has 2 rings (SSSR count). The van der Waals surface area contributed by atoms with E-state index in [9.17, 15) is 9.59 Å². The Labute approximate surface area is 121 Å². The maximum absolute atomic E-state index is 12.0. The summed E-state index contributed by atoms with van der Waals surface area (Å²) in [6, 6.07) is 0.0262. The Morgan fingerprint density at radius 3 is 2.40 bits per heavy atom. The maximum Gasteiger partial charge on any atom is 0.237 e. The first-order chi connectivity index (χ1) is 9.66. The summed E-state index contributed by atoms with van der Waals surface area (Å²) in [5.41, 5.74) is 0. The van der Waals surface area contributed by atoms with E-state index >= 15 is 0 Å². The normalized spacial score (nSPS) is 21.8. The van der Waals surface area contributed by atoms with E-state index < -0.39 is 0 Å². The van der Waals surface area contributed by atoms with Gasteiger partial charge < -0.3 is 10.2 Å². The number of carbonyl (C=O) groups is 2. The highest BCUT2D eigenvalue weighted by atomic mass is 16.2. The highest BCUT2D eigenvalue weighted by molar-refractivity contribution is 5.83. The van der Waals surface area contributed by atoms with Crippen molar-refractivity contribution < 1.29 is 9.59 Å². The van der Waals surface area contributed by atoms with E-state index in [-0.39, 0.29) is 24.4 Å². The third-order valence-corrected chi connectivity index (χ3v) is 4.36. The highest BCUT2D eigenvalue weighted by Crippen LogP contribution is 2.17. The molecule has 2 aliphatic rings. The lowest BCUT2D eigenvalue weighted by Crippen LogP contribution is -2.49. The van der Waals surface area contributed by atoms with Crippen molar-refractivity contribution in [3.8, 4) is 0 Å². The topological polar surface area (TPSA) is 61.4 Å². The maximum atomic E-state index is 12.0. The lowest BCUT2D eigenvalue weighted by atomic mass is 9.95. The van der Waals surface area contributed by atoms with Crippen molar-refractivity contribution >= 4 is 11.8 Å². The molecule has 0 aromatic carbocycles. The van der Waals surface area contributed by atoms with Crippen LogP contribution in [0.4, 0.5) is 0 Å². The first-order valence-electron chi connectivity index (χ1n) is 7.98. The summed E-state index contributed by atoms with van der Waals surface area (Å²) in [5, 5.41) is 6.13. The molecule has 2 N–H and O–H groups in total. The molecule has 0 radical (unpaired) electrons. The van der Waals surface area contributed by atoms with Gasteiger partial charge in [0.05, 0.1) is 12.6 Å².